The fourth-order valence-corrected chi connectivity index (χ4v) is 2.60. The highest BCUT2D eigenvalue weighted by Crippen LogP contribution is 2.20. The van der Waals surface area contributed by atoms with Gasteiger partial charge in [0.05, 0.1) is 6.42 Å². The third-order valence-electron chi connectivity index (χ3n) is 3.89. The van der Waals surface area contributed by atoms with E-state index in [9.17, 15) is 9.59 Å². The number of likely N-dealkylation sites (N-methyl/N-ethyl adjacent to an activating group) is 1. The third-order valence-corrected chi connectivity index (χ3v) is 3.89. The van der Waals surface area contributed by atoms with Gasteiger partial charge in [0.25, 0.3) is 5.91 Å². The van der Waals surface area contributed by atoms with Gasteiger partial charge in [0.15, 0.2) is 0 Å². The molecule has 2 N–H and O–H groups in total. The van der Waals surface area contributed by atoms with E-state index in [0.29, 0.717) is 17.7 Å². The zero-order valence-electron chi connectivity index (χ0n) is 13.4. The van der Waals surface area contributed by atoms with Crippen molar-refractivity contribution >= 4 is 28.3 Å². The maximum Gasteiger partial charge on any atom is 0.256 e. The van der Waals surface area contributed by atoms with Crippen LogP contribution in [0, 0.1) is 0 Å². The first-order valence-corrected chi connectivity index (χ1v) is 7.76. The average Bonchev–Trinajstić information content (AvgIpc) is 2.62. The van der Waals surface area contributed by atoms with Gasteiger partial charge in [-0.2, -0.15) is 0 Å². The molecule has 0 atom stereocenters. The van der Waals surface area contributed by atoms with Crippen molar-refractivity contribution < 1.29 is 9.59 Å². The molecule has 0 aliphatic heterocycles. The molecule has 3 aromatic carbocycles. The molecule has 0 saturated carbocycles. The van der Waals surface area contributed by atoms with Gasteiger partial charge in [-0.05, 0) is 34.5 Å². The van der Waals surface area contributed by atoms with Crippen LogP contribution in [0.4, 0.5) is 5.69 Å². The first kappa shape index (κ1) is 15.7. The van der Waals surface area contributed by atoms with Crippen molar-refractivity contribution in [3.8, 4) is 0 Å². The van der Waals surface area contributed by atoms with E-state index < -0.39 is 0 Å². The van der Waals surface area contributed by atoms with E-state index in [1.165, 1.54) is 0 Å². The Labute approximate surface area is 140 Å². The van der Waals surface area contributed by atoms with Crippen LogP contribution in [-0.2, 0) is 11.2 Å². The Morgan fingerprint density at radius 3 is 2.33 bits per heavy atom. The minimum absolute atomic E-state index is 0.0393. The van der Waals surface area contributed by atoms with Crippen LogP contribution >= 0.6 is 0 Å². The summed E-state index contributed by atoms with van der Waals surface area (Å²) >= 11 is 0. The molecule has 0 aliphatic rings. The van der Waals surface area contributed by atoms with E-state index >= 15 is 0 Å². The number of fused-ring (bicyclic) bond motifs is 1. The summed E-state index contributed by atoms with van der Waals surface area (Å²) < 4.78 is 0. The first-order valence-electron chi connectivity index (χ1n) is 7.76. The van der Waals surface area contributed by atoms with Crippen molar-refractivity contribution in [3.05, 3.63) is 77.9 Å². The Kier molecular flexibility index (Phi) is 4.57. The lowest BCUT2D eigenvalue weighted by atomic mass is 10.0. The van der Waals surface area contributed by atoms with Gasteiger partial charge in [0, 0.05) is 18.3 Å². The van der Waals surface area contributed by atoms with Gasteiger partial charge in [-0.1, -0.05) is 48.5 Å². The second kappa shape index (κ2) is 6.96. The van der Waals surface area contributed by atoms with Gasteiger partial charge >= 0.3 is 0 Å². The summed E-state index contributed by atoms with van der Waals surface area (Å²) in [6.07, 6.45) is 0.327. The van der Waals surface area contributed by atoms with Crippen LogP contribution in [0.2, 0.25) is 0 Å². The molecule has 0 fully saturated rings. The summed E-state index contributed by atoms with van der Waals surface area (Å²) in [4.78, 5) is 23.9. The van der Waals surface area contributed by atoms with Crippen LogP contribution < -0.4 is 10.6 Å². The molecule has 0 saturated heterocycles. The molecule has 0 aromatic heterocycles. The van der Waals surface area contributed by atoms with E-state index in [1.807, 2.05) is 54.6 Å². The predicted octanol–water partition coefficient (Wildman–Crippen LogP) is 3.38. The molecular formula is C20H18N2O2. The summed E-state index contributed by atoms with van der Waals surface area (Å²) in [5, 5.41) is 7.45. The standard InChI is InChI=1S/C20H18N2O2/c1-21-19(23)13-14-9-11-16(12-10-14)22-20(24)18-8-4-6-15-5-2-3-7-17(15)18/h2-12H,13H2,1H3,(H,21,23)(H,22,24). The largest absolute Gasteiger partial charge is 0.359 e. The fraction of sp³-hybridized carbons (Fsp3) is 0.100. The highest BCUT2D eigenvalue weighted by Gasteiger charge is 2.10. The lowest BCUT2D eigenvalue weighted by Gasteiger charge is -2.09. The van der Waals surface area contributed by atoms with Crippen molar-refractivity contribution in [1.82, 2.24) is 5.32 Å². The second-order valence-corrected chi connectivity index (χ2v) is 5.53. The minimum atomic E-state index is -0.147. The molecule has 2 amide bonds. The fourth-order valence-electron chi connectivity index (χ4n) is 2.60. The van der Waals surface area contributed by atoms with Crippen LogP contribution in [0.1, 0.15) is 15.9 Å². The molecule has 4 heteroatoms. The second-order valence-electron chi connectivity index (χ2n) is 5.53. The summed E-state index contributed by atoms with van der Waals surface area (Å²) in [5.41, 5.74) is 2.24. The lowest BCUT2D eigenvalue weighted by Crippen LogP contribution is -2.19. The van der Waals surface area contributed by atoms with E-state index in [1.54, 1.807) is 19.2 Å². The van der Waals surface area contributed by atoms with Gasteiger partial charge in [0.1, 0.15) is 0 Å². The van der Waals surface area contributed by atoms with Crippen LogP contribution in [0.3, 0.4) is 0 Å². The number of hydrogen-bond donors (Lipinski definition) is 2. The number of carbonyl (C=O) groups is 2. The maximum absolute atomic E-state index is 12.6. The highest BCUT2D eigenvalue weighted by molar-refractivity contribution is 6.12. The minimum Gasteiger partial charge on any atom is -0.359 e. The highest BCUT2D eigenvalue weighted by atomic mass is 16.2. The zero-order valence-corrected chi connectivity index (χ0v) is 13.4. The summed E-state index contributed by atoms with van der Waals surface area (Å²) in [6.45, 7) is 0. The number of carbonyl (C=O) groups excluding carboxylic acids is 2. The topological polar surface area (TPSA) is 58.2 Å². The van der Waals surface area contributed by atoms with E-state index in [4.69, 9.17) is 0 Å². The number of rotatable bonds is 4. The normalized spacial score (nSPS) is 10.4. The van der Waals surface area contributed by atoms with E-state index in [2.05, 4.69) is 10.6 Å². The van der Waals surface area contributed by atoms with Gasteiger partial charge in [0.2, 0.25) is 5.91 Å². The number of anilines is 1. The van der Waals surface area contributed by atoms with Crippen LogP contribution in [-0.4, -0.2) is 18.9 Å². The van der Waals surface area contributed by atoms with Gasteiger partial charge in [-0.15, -0.1) is 0 Å². The van der Waals surface area contributed by atoms with Crippen molar-refractivity contribution in [2.24, 2.45) is 0 Å². The van der Waals surface area contributed by atoms with Crippen LogP contribution in [0.5, 0.6) is 0 Å². The van der Waals surface area contributed by atoms with Gasteiger partial charge in [-0.3, -0.25) is 9.59 Å². The molecule has 0 radical (unpaired) electrons. The Balaban J connectivity index is 1.78. The monoisotopic (exact) mass is 318 g/mol. The van der Waals surface area contributed by atoms with E-state index in [0.717, 1.165) is 16.3 Å². The molecule has 4 nitrogen and oxygen atoms in total. The summed E-state index contributed by atoms with van der Waals surface area (Å²) in [7, 11) is 1.61. The molecule has 3 rings (SSSR count). The quantitative estimate of drug-likeness (QED) is 0.775. The zero-order chi connectivity index (χ0) is 16.9. The molecule has 120 valence electrons. The maximum atomic E-state index is 12.6. The number of amides is 2. The Bertz CT molecular complexity index is 880. The summed E-state index contributed by atoms with van der Waals surface area (Å²) in [5.74, 6) is -0.187. The Hall–Kier alpha value is -3.14. The predicted molar refractivity (Wildman–Crippen MR) is 96.1 cm³/mol. The molecule has 24 heavy (non-hydrogen) atoms. The first-order chi connectivity index (χ1) is 11.7. The molecule has 0 bridgehead atoms. The van der Waals surface area contributed by atoms with Crippen molar-refractivity contribution in [1.29, 1.82) is 0 Å². The molecule has 3 aromatic rings. The Morgan fingerprint density at radius 1 is 0.875 bits per heavy atom. The SMILES string of the molecule is CNC(=O)Cc1ccc(NC(=O)c2cccc3ccccc23)cc1. The molecule has 0 unspecified atom stereocenters. The number of hydrogen-bond acceptors (Lipinski definition) is 2. The van der Waals surface area contributed by atoms with Crippen LogP contribution in [0.15, 0.2) is 66.7 Å². The average molecular weight is 318 g/mol. The molecule has 0 aliphatic carbocycles. The Morgan fingerprint density at radius 2 is 1.58 bits per heavy atom. The van der Waals surface area contributed by atoms with Crippen molar-refractivity contribution in [2.45, 2.75) is 6.42 Å². The van der Waals surface area contributed by atoms with Crippen molar-refractivity contribution in [3.63, 3.8) is 0 Å². The lowest BCUT2D eigenvalue weighted by molar-refractivity contribution is -0.119. The summed E-state index contributed by atoms with van der Waals surface area (Å²) in [6, 6.07) is 20.8. The van der Waals surface area contributed by atoms with E-state index in [-0.39, 0.29) is 11.8 Å². The number of nitrogens with one attached hydrogen (secondary N) is 2. The van der Waals surface area contributed by atoms with Crippen LogP contribution in [0.25, 0.3) is 10.8 Å². The van der Waals surface area contributed by atoms with Crippen molar-refractivity contribution in [2.75, 3.05) is 12.4 Å². The van der Waals surface area contributed by atoms with Gasteiger partial charge < -0.3 is 10.6 Å². The van der Waals surface area contributed by atoms with Gasteiger partial charge in [-0.25, -0.2) is 0 Å². The molecule has 0 spiro atoms. The molecular weight excluding hydrogens is 300 g/mol. The number of benzene rings is 3. The smallest absolute Gasteiger partial charge is 0.256 e. The molecule has 0 heterocycles. The third kappa shape index (κ3) is 3.43.